The molecule has 0 saturated heterocycles. The lowest BCUT2D eigenvalue weighted by Crippen LogP contribution is -2.40. The van der Waals surface area contributed by atoms with Gasteiger partial charge in [0.2, 0.25) is 0 Å². The fourth-order valence-corrected chi connectivity index (χ4v) is 3.38. The molecule has 1 aliphatic heterocycles. The van der Waals surface area contributed by atoms with Crippen molar-refractivity contribution in [1.82, 2.24) is 15.4 Å². The summed E-state index contributed by atoms with van der Waals surface area (Å²) in [5.74, 6) is 0. The number of nitrogens with one attached hydrogen (secondary N) is 1. The van der Waals surface area contributed by atoms with Gasteiger partial charge in [0.25, 0.3) is 5.19 Å². The Hall–Kier alpha value is -0.950. The van der Waals surface area contributed by atoms with Gasteiger partial charge in [-0.05, 0) is 13.5 Å². The molecule has 1 aromatic rings. The third-order valence-electron chi connectivity index (χ3n) is 3.28. The van der Waals surface area contributed by atoms with Crippen LogP contribution in [0, 0.1) is 0 Å². The van der Waals surface area contributed by atoms with Crippen molar-refractivity contribution in [3.8, 4) is 5.19 Å². The zero-order chi connectivity index (χ0) is 13.8. The van der Waals surface area contributed by atoms with Gasteiger partial charge >= 0.3 is 0 Å². The van der Waals surface area contributed by atoms with Crippen molar-refractivity contribution in [2.75, 3.05) is 27.3 Å². The summed E-state index contributed by atoms with van der Waals surface area (Å²) in [6.07, 6.45) is 2.76. The summed E-state index contributed by atoms with van der Waals surface area (Å²) in [6.45, 7) is 7.21. The zero-order valence-corrected chi connectivity index (χ0v) is 12.5. The second-order valence-corrected chi connectivity index (χ2v) is 5.56. The van der Waals surface area contributed by atoms with Crippen LogP contribution >= 0.6 is 11.3 Å². The number of aromatic nitrogens is 1. The van der Waals surface area contributed by atoms with Crippen LogP contribution in [0.25, 0.3) is 0 Å². The number of fused-ring (bicyclic) bond motifs is 1. The first-order valence-corrected chi connectivity index (χ1v) is 7.25. The number of thiazole rings is 1. The van der Waals surface area contributed by atoms with Gasteiger partial charge in [0, 0.05) is 6.54 Å². The van der Waals surface area contributed by atoms with E-state index in [1.807, 2.05) is 0 Å². The fraction of sp³-hybridized carbons (Fsp3) is 0.615. The lowest BCUT2D eigenvalue weighted by molar-refractivity contribution is 0.0163. The molecular weight excluding hydrogens is 262 g/mol. The number of hydroxylamine groups is 1. The van der Waals surface area contributed by atoms with E-state index in [0.717, 1.165) is 18.7 Å². The van der Waals surface area contributed by atoms with E-state index in [1.165, 1.54) is 4.88 Å². The van der Waals surface area contributed by atoms with E-state index < -0.39 is 0 Å². The van der Waals surface area contributed by atoms with Crippen molar-refractivity contribution in [3.05, 3.63) is 23.2 Å². The normalized spacial score (nSPS) is 23.1. The number of rotatable bonds is 6. The maximum absolute atomic E-state index is 5.38. The molecule has 0 fully saturated rings. The smallest absolute Gasteiger partial charge is 0.273 e. The third-order valence-corrected chi connectivity index (χ3v) is 4.43. The Balaban J connectivity index is 2.23. The van der Waals surface area contributed by atoms with Crippen LogP contribution in [-0.4, -0.2) is 37.2 Å². The minimum atomic E-state index is 0.129. The van der Waals surface area contributed by atoms with Gasteiger partial charge in [0.05, 0.1) is 36.4 Å². The van der Waals surface area contributed by atoms with E-state index in [1.54, 1.807) is 24.5 Å². The molecule has 1 aromatic heterocycles. The largest absolute Gasteiger partial charge is 0.473 e. The summed E-state index contributed by atoms with van der Waals surface area (Å²) in [4.78, 5) is 13.5. The first kappa shape index (κ1) is 14.5. The molecule has 0 aromatic carbocycles. The summed E-state index contributed by atoms with van der Waals surface area (Å²) in [7, 11) is 3.77. The molecule has 0 bridgehead atoms. The molecular formula is C13H21N3O2S. The van der Waals surface area contributed by atoms with Crippen molar-refractivity contribution in [1.29, 1.82) is 0 Å². The van der Waals surface area contributed by atoms with E-state index in [0.29, 0.717) is 17.8 Å². The summed E-state index contributed by atoms with van der Waals surface area (Å²) in [5.41, 5.74) is 4.20. The fourth-order valence-electron chi connectivity index (χ4n) is 2.41. The molecule has 106 valence electrons. The van der Waals surface area contributed by atoms with Crippen LogP contribution in [0.4, 0.5) is 0 Å². The van der Waals surface area contributed by atoms with Gasteiger partial charge in [0.15, 0.2) is 0 Å². The van der Waals surface area contributed by atoms with Crippen molar-refractivity contribution in [2.45, 2.75) is 25.4 Å². The Morgan fingerprint density at radius 1 is 1.63 bits per heavy atom. The van der Waals surface area contributed by atoms with Crippen LogP contribution in [-0.2, 0) is 4.84 Å². The zero-order valence-electron chi connectivity index (χ0n) is 11.7. The monoisotopic (exact) mass is 283 g/mol. The van der Waals surface area contributed by atoms with Gasteiger partial charge < -0.3 is 4.74 Å². The van der Waals surface area contributed by atoms with Crippen molar-refractivity contribution >= 4 is 11.3 Å². The summed E-state index contributed by atoms with van der Waals surface area (Å²) < 4.78 is 5.27. The SMILES string of the molecule is C=CCONC1CN(C)C(CC)c2nc(OC)sc21. The minimum Gasteiger partial charge on any atom is -0.473 e. The number of likely N-dealkylation sites (N-methyl/N-ethyl adjacent to an activating group) is 1. The molecule has 5 nitrogen and oxygen atoms in total. The molecule has 2 unspecified atom stereocenters. The van der Waals surface area contributed by atoms with Crippen LogP contribution < -0.4 is 10.2 Å². The van der Waals surface area contributed by atoms with E-state index >= 15 is 0 Å². The summed E-state index contributed by atoms with van der Waals surface area (Å²) >= 11 is 1.59. The average Bonchev–Trinajstić information content (AvgIpc) is 2.83. The number of ether oxygens (including phenoxy) is 1. The number of hydrogen-bond acceptors (Lipinski definition) is 6. The molecule has 0 amide bonds. The first-order chi connectivity index (χ1) is 9.21. The topological polar surface area (TPSA) is 46.6 Å². The minimum absolute atomic E-state index is 0.129. The Bertz CT molecular complexity index is 436. The summed E-state index contributed by atoms with van der Waals surface area (Å²) in [6, 6.07) is 0.483. The molecule has 2 heterocycles. The Kier molecular flexibility index (Phi) is 4.93. The number of nitrogens with zero attached hydrogens (tertiary/aromatic N) is 2. The molecule has 0 aliphatic carbocycles. The Labute approximate surface area is 118 Å². The predicted octanol–water partition coefficient (Wildman–Crippen LogP) is 2.30. The molecule has 2 rings (SSSR count). The van der Waals surface area contributed by atoms with E-state index in [4.69, 9.17) is 9.57 Å². The third kappa shape index (κ3) is 2.97. The van der Waals surface area contributed by atoms with Gasteiger partial charge in [-0.25, -0.2) is 4.98 Å². The van der Waals surface area contributed by atoms with Crippen LogP contribution in [0.1, 0.15) is 36.0 Å². The van der Waals surface area contributed by atoms with Gasteiger partial charge in [-0.2, -0.15) is 5.48 Å². The quantitative estimate of drug-likeness (QED) is 0.493. The second kappa shape index (κ2) is 6.47. The van der Waals surface area contributed by atoms with Crippen LogP contribution in [0.3, 0.4) is 0 Å². The average molecular weight is 283 g/mol. The Morgan fingerprint density at radius 3 is 3.05 bits per heavy atom. The van der Waals surface area contributed by atoms with Gasteiger partial charge in [0.1, 0.15) is 0 Å². The number of methoxy groups -OCH3 is 1. The molecule has 2 atom stereocenters. The van der Waals surface area contributed by atoms with Crippen molar-refractivity contribution < 1.29 is 9.57 Å². The molecule has 19 heavy (non-hydrogen) atoms. The maximum atomic E-state index is 5.38. The lowest BCUT2D eigenvalue weighted by Gasteiger charge is -2.35. The highest BCUT2D eigenvalue weighted by atomic mass is 32.1. The first-order valence-electron chi connectivity index (χ1n) is 6.44. The molecule has 0 saturated carbocycles. The molecule has 1 aliphatic rings. The second-order valence-electron chi connectivity index (χ2n) is 4.57. The maximum Gasteiger partial charge on any atom is 0.273 e. The van der Waals surface area contributed by atoms with Crippen molar-refractivity contribution in [2.24, 2.45) is 0 Å². The van der Waals surface area contributed by atoms with Gasteiger partial charge in [-0.15, -0.1) is 6.58 Å². The van der Waals surface area contributed by atoms with E-state index in [2.05, 4.69) is 35.9 Å². The molecule has 0 radical (unpaired) electrons. The van der Waals surface area contributed by atoms with Crippen LogP contribution in [0.5, 0.6) is 5.19 Å². The number of hydrogen-bond donors (Lipinski definition) is 1. The molecule has 1 N–H and O–H groups in total. The van der Waals surface area contributed by atoms with Crippen molar-refractivity contribution in [3.63, 3.8) is 0 Å². The highest BCUT2D eigenvalue weighted by molar-refractivity contribution is 7.13. The van der Waals surface area contributed by atoms with E-state index in [-0.39, 0.29) is 6.04 Å². The highest BCUT2D eigenvalue weighted by Gasteiger charge is 2.34. The van der Waals surface area contributed by atoms with E-state index in [9.17, 15) is 0 Å². The van der Waals surface area contributed by atoms with Crippen LogP contribution in [0.15, 0.2) is 12.7 Å². The van der Waals surface area contributed by atoms with Crippen LogP contribution in [0.2, 0.25) is 0 Å². The highest BCUT2D eigenvalue weighted by Crippen LogP contribution is 2.41. The molecule has 0 spiro atoms. The van der Waals surface area contributed by atoms with Gasteiger partial charge in [-0.1, -0.05) is 24.3 Å². The Morgan fingerprint density at radius 2 is 2.42 bits per heavy atom. The standard InChI is InChI=1S/C13H21N3O2S/c1-5-7-18-15-9-8-16(3)10(6-2)11-12(9)19-13(14-11)17-4/h5,9-10,15H,1,6-8H2,2-4H3. The molecule has 6 heteroatoms. The van der Waals surface area contributed by atoms with Gasteiger partial charge in [-0.3, -0.25) is 9.74 Å². The summed E-state index contributed by atoms with van der Waals surface area (Å²) in [5, 5.41) is 0.717. The predicted molar refractivity (Wildman–Crippen MR) is 76.4 cm³/mol. The lowest BCUT2D eigenvalue weighted by atomic mass is 10.0.